The summed E-state index contributed by atoms with van der Waals surface area (Å²) in [5, 5.41) is 7.19. The Morgan fingerprint density at radius 2 is 1.96 bits per heavy atom. The Labute approximate surface area is 145 Å². The van der Waals surface area contributed by atoms with E-state index in [2.05, 4.69) is 20.4 Å². The number of hydrogen-bond acceptors (Lipinski definition) is 5. The molecule has 2 aromatic rings. The topological polar surface area (TPSA) is 101 Å². The van der Waals surface area contributed by atoms with Gasteiger partial charge in [0.1, 0.15) is 11.2 Å². The van der Waals surface area contributed by atoms with E-state index >= 15 is 0 Å². The fraction of sp³-hybridized carbons (Fsp3) is 0.556. The highest BCUT2D eigenvalue weighted by atomic mass is 16.5. The fourth-order valence-corrected chi connectivity index (χ4v) is 4.16. The third-order valence-electron chi connectivity index (χ3n) is 5.43. The zero-order chi connectivity index (χ0) is 17.6. The summed E-state index contributed by atoms with van der Waals surface area (Å²) in [5.41, 5.74) is 2.22. The van der Waals surface area contributed by atoms with Crippen LogP contribution in [0, 0.1) is 13.8 Å². The van der Waals surface area contributed by atoms with Gasteiger partial charge in [0.2, 0.25) is 5.89 Å². The second-order valence-corrected chi connectivity index (χ2v) is 7.14. The lowest BCUT2D eigenvalue weighted by Crippen LogP contribution is -2.45. The number of nitrogens with zero attached hydrogens (tertiary/aromatic N) is 2. The van der Waals surface area contributed by atoms with Gasteiger partial charge < -0.3 is 14.8 Å². The van der Waals surface area contributed by atoms with Crippen molar-refractivity contribution in [3.05, 3.63) is 34.2 Å². The molecule has 7 nitrogen and oxygen atoms in total. The third-order valence-corrected chi connectivity index (χ3v) is 5.43. The molecule has 1 amide bonds. The molecular formula is C18H22N4O3. The number of aromatic nitrogens is 3. The van der Waals surface area contributed by atoms with Crippen LogP contribution in [-0.2, 0) is 12.0 Å². The number of carbonyl (C=O) groups excluding carboxylic acids is 2. The predicted octanol–water partition coefficient (Wildman–Crippen LogP) is 2.73. The zero-order valence-corrected chi connectivity index (χ0v) is 14.6. The third kappa shape index (κ3) is 2.58. The molecule has 0 atom stereocenters. The van der Waals surface area contributed by atoms with Gasteiger partial charge in [-0.1, -0.05) is 18.0 Å². The summed E-state index contributed by atoms with van der Waals surface area (Å²) >= 11 is 0. The normalized spacial score (nSPS) is 19.0. The Balaban J connectivity index is 1.66. The van der Waals surface area contributed by atoms with E-state index in [9.17, 15) is 9.59 Å². The lowest BCUT2D eigenvalue weighted by atomic mass is 9.93. The van der Waals surface area contributed by atoms with Gasteiger partial charge in [0.15, 0.2) is 11.6 Å². The smallest absolute Gasteiger partial charge is 0.268 e. The molecule has 2 aliphatic carbocycles. The molecule has 1 fully saturated rings. The number of rotatable bonds is 3. The van der Waals surface area contributed by atoms with Gasteiger partial charge in [-0.2, -0.15) is 4.98 Å². The first-order chi connectivity index (χ1) is 12.0. The Hall–Kier alpha value is -2.44. The van der Waals surface area contributed by atoms with Crippen LogP contribution in [0.5, 0.6) is 0 Å². The van der Waals surface area contributed by atoms with Crippen LogP contribution in [0.3, 0.4) is 0 Å². The molecule has 4 rings (SSSR count). The summed E-state index contributed by atoms with van der Waals surface area (Å²) in [6.07, 6.45) is 5.79. The van der Waals surface area contributed by atoms with Crippen LogP contribution in [0.4, 0.5) is 0 Å². The Morgan fingerprint density at radius 3 is 2.60 bits per heavy atom. The second-order valence-electron chi connectivity index (χ2n) is 7.14. The standard InChI is InChI=1S/C18H22N4O3/c1-10-14-12(6-5-7-13(14)23)20-15(10)16(24)21-18(8-3-4-9-18)17-19-11(2)25-22-17/h20H,3-9H2,1-2H3,(H,21,24). The maximum atomic E-state index is 13.0. The van der Waals surface area contributed by atoms with Crippen LogP contribution >= 0.6 is 0 Å². The number of nitrogens with one attached hydrogen (secondary N) is 2. The van der Waals surface area contributed by atoms with E-state index in [1.165, 1.54) is 0 Å². The minimum atomic E-state index is -0.586. The molecule has 2 N–H and O–H groups in total. The summed E-state index contributed by atoms with van der Waals surface area (Å²) in [6.45, 7) is 3.59. The van der Waals surface area contributed by atoms with E-state index in [1.807, 2.05) is 6.92 Å². The van der Waals surface area contributed by atoms with Gasteiger partial charge in [-0.15, -0.1) is 0 Å². The average Bonchev–Trinajstić information content (AvgIpc) is 3.28. The summed E-state index contributed by atoms with van der Waals surface area (Å²) in [4.78, 5) is 32.7. The molecule has 0 radical (unpaired) electrons. The van der Waals surface area contributed by atoms with Crippen LogP contribution in [0.15, 0.2) is 4.52 Å². The number of Topliss-reactive ketones (excluding diaryl/α,β-unsaturated/α-hetero) is 1. The van der Waals surface area contributed by atoms with Gasteiger partial charge in [0, 0.05) is 24.6 Å². The van der Waals surface area contributed by atoms with Crippen LogP contribution in [0.25, 0.3) is 0 Å². The van der Waals surface area contributed by atoms with Crippen molar-refractivity contribution >= 4 is 11.7 Å². The Kier molecular flexibility index (Phi) is 3.74. The van der Waals surface area contributed by atoms with Crippen LogP contribution in [-0.4, -0.2) is 26.8 Å². The molecule has 25 heavy (non-hydrogen) atoms. The molecule has 2 heterocycles. The number of ketones is 1. The first kappa shape index (κ1) is 16.1. The lowest BCUT2D eigenvalue weighted by molar-refractivity contribution is 0.0886. The van der Waals surface area contributed by atoms with Gasteiger partial charge >= 0.3 is 0 Å². The second kappa shape index (κ2) is 5.82. The average molecular weight is 342 g/mol. The van der Waals surface area contributed by atoms with Crippen molar-refractivity contribution < 1.29 is 14.1 Å². The van der Waals surface area contributed by atoms with Crippen molar-refractivity contribution in [2.75, 3.05) is 0 Å². The predicted molar refractivity (Wildman–Crippen MR) is 89.4 cm³/mol. The van der Waals surface area contributed by atoms with Gasteiger partial charge in [0.05, 0.1) is 0 Å². The summed E-state index contributed by atoms with van der Waals surface area (Å²) < 4.78 is 5.13. The van der Waals surface area contributed by atoms with Crippen LogP contribution < -0.4 is 5.32 Å². The molecule has 0 saturated heterocycles. The molecule has 0 unspecified atom stereocenters. The molecule has 132 valence electrons. The summed E-state index contributed by atoms with van der Waals surface area (Å²) in [5.74, 6) is 0.955. The zero-order valence-electron chi connectivity index (χ0n) is 14.6. The molecule has 0 aromatic carbocycles. The molecule has 0 spiro atoms. The minimum Gasteiger partial charge on any atom is -0.354 e. The maximum absolute atomic E-state index is 13.0. The van der Waals surface area contributed by atoms with E-state index < -0.39 is 5.54 Å². The molecular weight excluding hydrogens is 320 g/mol. The number of hydrogen-bond donors (Lipinski definition) is 2. The van der Waals surface area contributed by atoms with Crippen LogP contribution in [0.1, 0.15) is 82.3 Å². The van der Waals surface area contributed by atoms with E-state index in [4.69, 9.17) is 4.52 Å². The van der Waals surface area contributed by atoms with Gasteiger partial charge in [-0.05, 0) is 38.2 Å². The first-order valence-corrected chi connectivity index (χ1v) is 8.88. The SMILES string of the molecule is Cc1nc(C2(NC(=O)c3[nH]c4c(c3C)C(=O)CCC4)CCCC2)no1. The van der Waals surface area contributed by atoms with E-state index in [-0.39, 0.29) is 11.7 Å². The number of aryl methyl sites for hydroxylation is 2. The number of H-pyrrole nitrogens is 1. The van der Waals surface area contributed by atoms with Crippen molar-refractivity contribution in [1.29, 1.82) is 0 Å². The molecule has 0 bridgehead atoms. The highest BCUT2D eigenvalue weighted by Crippen LogP contribution is 2.38. The molecule has 0 aliphatic heterocycles. The highest BCUT2D eigenvalue weighted by molar-refractivity contribution is 6.04. The minimum absolute atomic E-state index is 0.124. The number of carbonyl (C=O) groups is 2. The molecule has 7 heteroatoms. The Bertz CT molecular complexity index is 843. The monoisotopic (exact) mass is 342 g/mol. The molecule has 1 saturated carbocycles. The van der Waals surface area contributed by atoms with Gasteiger partial charge in [-0.25, -0.2) is 0 Å². The first-order valence-electron chi connectivity index (χ1n) is 8.88. The number of amides is 1. The molecule has 2 aromatic heterocycles. The Morgan fingerprint density at radius 1 is 1.20 bits per heavy atom. The summed E-state index contributed by atoms with van der Waals surface area (Å²) in [7, 11) is 0. The summed E-state index contributed by atoms with van der Waals surface area (Å²) in [6, 6.07) is 0. The van der Waals surface area contributed by atoms with E-state index in [1.54, 1.807) is 6.92 Å². The maximum Gasteiger partial charge on any atom is 0.268 e. The van der Waals surface area contributed by atoms with E-state index in [0.29, 0.717) is 29.4 Å². The number of aromatic amines is 1. The fourth-order valence-electron chi connectivity index (χ4n) is 4.16. The van der Waals surface area contributed by atoms with Crippen molar-refractivity contribution in [3.8, 4) is 0 Å². The van der Waals surface area contributed by atoms with Crippen LogP contribution in [0.2, 0.25) is 0 Å². The van der Waals surface area contributed by atoms with Gasteiger partial charge in [-0.3, -0.25) is 9.59 Å². The largest absolute Gasteiger partial charge is 0.354 e. The van der Waals surface area contributed by atoms with Crippen molar-refractivity contribution in [3.63, 3.8) is 0 Å². The molecule has 2 aliphatic rings. The lowest BCUT2D eigenvalue weighted by Gasteiger charge is -2.26. The quantitative estimate of drug-likeness (QED) is 0.893. The van der Waals surface area contributed by atoms with Crippen molar-refractivity contribution in [2.45, 2.75) is 64.3 Å². The number of fused-ring (bicyclic) bond motifs is 1. The van der Waals surface area contributed by atoms with E-state index in [0.717, 1.165) is 49.8 Å². The highest BCUT2D eigenvalue weighted by Gasteiger charge is 2.42. The van der Waals surface area contributed by atoms with Crippen molar-refractivity contribution in [1.82, 2.24) is 20.4 Å². The van der Waals surface area contributed by atoms with Gasteiger partial charge in [0.25, 0.3) is 5.91 Å². The van der Waals surface area contributed by atoms with Crippen molar-refractivity contribution in [2.24, 2.45) is 0 Å².